The first-order chi connectivity index (χ1) is 9.85. The van der Waals surface area contributed by atoms with Gasteiger partial charge in [0.2, 0.25) is 0 Å². The summed E-state index contributed by atoms with van der Waals surface area (Å²) in [5.74, 6) is 3.32. The molecule has 1 aliphatic rings. The molecule has 6 heteroatoms. The molecule has 2 aromatic heterocycles. The smallest absolute Gasteiger partial charge is 0.136 e. The van der Waals surface area contributed by atoms with Gasteiger partial charge < -0.3 is 10.6 Å². The molecule has 6 nitrogen and oxygen atoms in total. The molecule has 0 unspecified atom stereocenters. The third-order valence-electron chi connectivity index (χ3n) is 3.37. The summed E-state index contributed by atoms with van der Waals surface area (Å²) < 4.78 is 1.94. The van der Waals surface area contributed by atoms with Crippen molar-refractivity contribution >= 4 is 11.6 Å². The summed E-state index contributed by atoms with van der Waals surface area (Å²) in [7, 11) is 1.89. The second kappa shape index (κ2) is 5.90. The molecule has 0 aliphatic heterocycles. The van der Waals surface area contributed by atoms with Crippen LogP contribution in [0.1, 0.15) is 31.0 Å². The lowest BCUT2D eigenvalue weighted by atomic mass is 10.3. The van der Waals surface area contributed by atoms with Gasteiger partial charge in [-0.1, -0.05) is 0 Å². The molecule has 0 saturated heterocycles. The van der Waals surface area contributed by atoms with Crippen molar-refractivity contribution in [1.29, 1.82) is 0 Å². The highest BCUT2D eigenvalue weighted by molar-refractivity contribution is 5.47. The van der Waals surface area contributed by atoms with Crippen molar-refractivity contribution in [1.82, 2.24) is 19.7 Å². The van der Waals surface area contributed by atoms with Crippen LogP contribution >= 0.6 is 0 Å². The van der Waals surface area contributed by atoms with E-state index in [1.807, 2.05) is 30.1 Å². The van der Waals surface area contributed by atoms with Gasteiger partial charge in [0.25, 0.3) is 0 Å². The molecule has 0 amide bonds. The highest BCUT2D eigenvalue weighted by atomic mass is 15.3. The summed E-state index contributed by atoms with van der Waals surface area (Å²) in [5.41, 5.74) is 0. The molecule has 0 spiro atoms. The van der Waals surface area contributed by atoms with E-state index in [4.69, 9.17) is 0 Å². The molecule has 2 N–H and O–H groups in total. The van der Waals surface area contributed by atoms with Crippen LogP contribution in [-0.4, -0.2) is 33.3 Å². The summed E-state index contributed by atoms with van der Waals surface area (Å²) in [6, 6.07) is 3.90. The number of nitrogens with one attached hydrogen (secondary N) is 2. The molecule has 0 atom stereocenters. The largest absolute Gasteiger partial charge is 0.373 e. The SMILES string of the molecule is CNc1cc(NCCCn2cccn2)nc(C2CC2)n1. The summed E-state index contributed by atoms with van der Waals surface area (Å²) in [6.07, 6.45) is 7.23. The van der Waals surface area contributed by atoms with Gasteiger partial charge in [-0.3, -0.25) is 4.68 Å². The lowest BCUT2D eigenvalue weighted by molar-refractivity contribution is 0.591. The van der Waals surface area contributed by atoms with E-state index in [9.17, 15) is 0 Å². The molecule has 106 valence electrons. The molecular formula is C14H20N6. The fourth-order valence-electron chi connectivity index (χ4n) is 2.10. The first-order valence-electron chi connectivity index (χ1n) is 7.13. The number of hydrogen-bond donors (Lipinski definition) is 2. The topological polar surface area (TPSA) is 67.7 Å². The van der Waals surface area contributed by atoms with Gasteiger partial charge in [0.1, 0.15) is 17.5 Å². The number of anilines is 2. The lowest BCUT2D eigenvalue weighted by Gasteiger charge is -2.09. The van der Waals surface area contributed by atoms with Crippen LogP contribution in [0.25, 0.3) is 0 Å². The van der Waals surface area contributed by atoms with Crippen LogP contribution in [0, 0.1) is 0 Å². The van der Waals surface area contributed by atoms with Gasteiger partial charge in [-0.15, -0.1) is 0 Å². The number of aryl methyl sites for hydroxylation is 1. The van der Waals surface area contributed by atoms with Crippen LogP contribution in [0.15, 0.2) is 24.5 Å². The monoisotopic (exact) mass is 272 g/mol. The molecular weight excluding hydrogens is 252 g/mol. The Bertz CT molecular complexity index is 547. The van der Waals surface area contributed by atoms with Gasteiger partial charge in [0, 0.05) is 44.5 Å². The van der Waals surface area contributed by atoms with Gasteiger partial charge >= 0.3 is 0 Å². The molecule has 0 aromatic carbocycles. The molecule has 1 aliphatic carbocycles. The van der Waals surface area contributed by atoms with Crippen molar-refractivity contribution in [3.8, 4) is 0 Å². The Morgan fingerprint density at radius 3 is 2.85 bits per heavy atom. The Hall–Kier alpha value is -2.11. The van der Waals surface area contributed by atoms with E-state index >= 15 is 0 Å². The van der Waals surface area contributed by atoms with Crippen LogP contribution in [0.4, 0.5) is 11.6 Å². The predicted octanol–water partition coefficient (Wildman–Crippen LogP) is 2.09. The van der Waals surface area contributed by atoms with Gasteiger partial charge in [0.05, 0.1) is 0 Å². The second-order valence-corrected chi connectivity index (χ2v) is 5.07. The van der Waals surface area contributed by atoms with E-state index in [0.717, 1.165) is 37.0 Å². The van der Waals surface area contributed by atoms with E-state index in [2.05, 4.69) is 25.7 Å². The highest BCUT2D eigenvalue weighted by Gasteiger charge is 2.27. The molecule has 1 saturated carbocycles. The number of aromatic nitrogens is 4. The summed E-state index contributed by atoms with van der Waals surface area (Å²) in [6.45, 7) is 1.80. The molecule has 0 bridgehead atoms. The minimum absolute atomic E-state index is 0.563. The normalized spacial score (nSPS) is 14.2. The van der Waals surface area contributed by atoms with Crippen molar-refractivity contribution in [2.45, 2.75) is 31.7 Å². The van der Waals surface area contributed by atoms with Crippen molar-refractivity contribution in [2.24, 2.45) is 0 Å². The van der Waals surface area contributed by atoms with E-state index < -0.39 is 0 Å². The van der Waals surface area contributed by atoms with Gasteiger partial charge in [-0.05, 0) is 25.3 Å². The third kappa shape index (κ3) is 3.26. The molecule has 1 fully saturated rings. The number of nitrogens with zero attached hydrogens (tertiary/aromatic N) is 4. The number of rotatable bonds is 7. The standard InChI is InChI=1S/C14H20N6/c1-15-12-10-13(19-14(18-12)11-4-5-11)16-6-2-8-20-9-3-7-17-20/h3,7,9-11H,2,4-6,8H2,1H3,(H2,15,16,18,19). The molecule has 2 heterocycles. The molecule has 0 radical (unpaired) electrons. The average molecular weight is 272 g/mol. The summed E-state index contributed by atoms with van der Waals surface area (Å²) >= 11 is 0. The fraction of sp³-hybridized carbons (Fsp3) is 0.500. The van der Waals surface area contributed by atoms with Crippen LogP contribution < -0.4 is 10.6 Å². The Morgan fingerprint density at radius 2 is 2.15 bits per heavy atom. The maximum absolute atomic E-state index is 4.59. The minimum Gasteiger partial charge on any atom is -0.373 e. The zero-order valence-electron chi connectivity index (χ0n) is 11.7. The first kappa shape index (κ1) is 12.9. The number of hydrogen-bond acceptors (Lipinski definition) is 5. The van der Waals surface area contributed by atoms with E-state index in [0.29, 0.717) is 5.92 Å². The Kier molecular flexibility index (Phi) is 3.80. The maximum atomic E-state index is 4.59. The van der Waals surface area contributed by atoms with E-state index in [1.165, 1.54) is 12.8 Å². The van der Waals surface area contributed by atoms with Crippen LogP contribution in [0.2, 0.25) is 0 Å². The third-order valence-corrected chi connectivity index (χ3v) is 3.37. The zero-order valence-corrected chi connectivity index (χ0v) is 11.7. The molecule has 20 heavy (non-hydrogen) atoms. The van der Waals surface area contributed by atoms with Crippen LogP contribution in [0.5, 0.6) is 0 Å². The van der Waals surface area contributed by atoms with Crippen molar-refractivity contribution in [3.63, 3.8) is 0 Å². The second-order valence-electron chi connectivity index (χ2n) is 5.07. The van der Waals surface area contributed by atoms with E-state index in [-0.39, 0.29) is 0 Å². The van der Waals surface area contributed by atoms with Crippen molar-refractivity contribution in [3.05, 3.63) is 30.4 Å². The Labute approximate surface area is 118 Å². The molecule has 3 rings (SSSR count). The Morgan fingerprint density at radius 1 is 1.30 bits per heavy atom. The van der Waals surface area contributed by atoms with Crippen molar-refractivity contribution in [2.75, 3.05) is 24.2 Å². The summed E-state index contributed by atoms with van der Waals surface area (Å²) in [5, 5.41) is 10.7. The zero-order chi connectivity index (χ0) is 13.8. The van der Waals surface area contributed by atoms with Crippen molar-refractivity contribution < 1.29 is 0 Å². The minimum atomic E-state index is 0.563. The van der Waals surface area contributed by atoms with Crippen LogP contribution in [-0.2, 0) is 6.54 Å². The average Bonchev–Trinajstić information content (AvgIpc) is 3.21. The van der Waals surface area contributed by atoms with Crippen LogP contribution in [0.3, 0.4) is 0 Å². The van der Waals surface area contributed by atoms with E-state index in [1.54, 1.807) is 6.20 Å². The fourth-order valence-corrected chi connectivity index (χ4v) is 2.10. The summed E-state index contributed by atoms with van der Waals surface area (Å²) in [4.78, 5) is 9.10. The van der Waals surface area contributed by atoms with Gasteiger partial charge in [0.15, 0.2) is 0 Å². The first-order valence-corrected chi connectivity index (χ1v) is 7.13. The molecule has 2 aromatic rings. The maximum Gasteiger partial charge on any atom is 0.136 e. The lowest BCUT2D eigenvalue weighted by Crippen LogP contribution is -2.10. The predicted molar refractivity (Wildman–Crippen MR) is 78.9 cm³/mol. The van der Waals surface area contributed by atoms with Gasteiger partial charge in [-0.25, -0.2) is 9.97 Å². The quantitative estimate of drug-likeness (QED) is 0.755. The Balaban J connectivity index is 1.54. The van der Waals surface area contributed by atoms with Gasteiger partial charge in [-0.2, -0.15) is 5.10 Å². The highest BCUT2D eigenvalue weighted by Crippen LogP contribution is 2.38.